The molecule has 1 aliphatic rings. The predicted molar refractivity (Wildman–Crippen MR) is 89.1 cm³/mol. The Morgan fingerprint density at radius 3 is 2.65 bits per heavy atom. The Hall–Kier alpha value is -1.80. The number of amides is 1. The van der Waals surface area contributed by atoms with E-state index in [2.05, 4.69) is 9.97 Å². The topological polar surface area (TPSA) is 80.2 Å². The first kappa shape index (κ1) is 16.1. The van der Waals surface area contributed by atoms with E-state index in [1.807, 2.05) is 24.4 Å². The number of rotatable bonds is 4. The standard InChI is InChI=1S/C15H17N3O3S2/c1-2-18(12-5-7-23(20,21)10-12)15(19)11-8-16-14(17-9-11)13-4-3-6-22-13/h3-4,6,8-9,12H,2,5,7,10H2,1H3/t12-/m0/s1. The molecule has 2 aromatic rings. The maximum atomic E-state index is 12.6. The summed E-state index contributed by atoms with van der Waals surface area (Å²) in [6, 6.07) is 3.58. The van der Waals surface area contributed by atoms with Gasteiger partial charge in [-0.25, -0.2) is 18.4 Å². The molecule has 3 rings (SSSR count). The Labute approximate surface area is 139 Å². The number of carbonyl (C=O) groups is 1. The number of sulfone groups is 1. The van der Waals surface area contributed by atoms with E-state index in [-0.39, 0.29) is 23.5 Å². The molecule has 0 bridgehead atoms. The van der Waals surface area contributed by atoms with Crippen molar-refractivity contribution in [1.82, 2.24) is 14.9 Å². The van der Waals surface area contributed by atoms with Crippen molar-refractivity contribution in [1.29, 1.82) is 0 Å². The van der Waals surface area contributed by atoms with Gasteiger partial charge >= 0.3 is 0 Å². The van der Waals surface area contributed by atoms with Crippen LogP contribution in [0.5, 0.6) is 0 Å². The fourth-order valence-electron chi connectivity index (χ4n) is 2.73. The molecule has 0 N–H and O–H groups in total. The zero-order valence-electron chi connectivity index (χ0n) is 12.7. The highest BCUT2D eigenvalue weighted by molar-refractivity contribution is 7.91. The summed E-state index contributed by atoms with van der Waals surface area (Å²) in [6.07, 6.45) is 3.52. The number of hydrogen-bond acceptors (Lipinski definition) is 6. The molecule has 0 saturated carbocycles. The van der Waals surface area contributed by atoms with Gasteiger partial charge in [-0.15, -0.1) is 11.3 Å². The Balaban J connectivity index is 1.78. The number of hydrogen-bond donors (Lipinski definition) is 0. The quantitative estimate of drug-likeness (QED) is 0.840. The molecule has 122 valence electrons. The van der Waals surface area contributed by atoms with Gasteiger partial charge in [0.2, 0.25) is 0 Å². The van der Waals surface area contributed by atoms with Crippen molar-refractivity contribution < 1.29 is 13.2 Å². The van der Waals surface area contributed by atoms with Crippen LogP contribution in [0.2, 0.25) is 0 Å². The minimum atomic E-state index is -3.03. The van der Waals surface area contributed by atoms with Crippen LogP contribution in [0.1, 0.15) is 23.7 Å². The normalized spacial score (nSPS) is 19.6. The molecule has 3 heterocycles. The Morgan fingerprint density at radius 1 is 1.39 bits per heavy atom. The van der Waals surface area contributed by atoms with E-state index in [9.17, 15) is 13.2 Å². The van der Waals surface area contributed by atoms with Crippen molar-refractivity contribution in [3.05, 3.63) is 35.5 Å². The second-order valence-corrected chi connectivity index (χ2v) is 8.60. The smallest absolute Gasteiger partial charge is 0.257 e. The van der Waals surface area contributed by atoms with Crippen molar-refractivity contribution >= 4 is 27.1 Å². The summed E-state index contributed by atoms with van der Waals surface area (Å²) >= 11 is 1.53. The second-order valence-electron chi connectivity index (χ2n) is 5.42. The van der Waals surface area contributed by atoms with E-state index in [4.69, 9.17) is 0 Å². The van der Waals surface area contributed by atoms with Crippen molar-refractivity contribution in [3.63, 3.8) is 0 Å². The van der Waals surface area contributed by atoms with Gasteiger partial charge < -0.3 is 4.90 Å². The molecule has 6 nitrogen and oxygen atoms in total. The zero-order valence-corrected chi connectivity index (χ0v) is 14.3. The minimum Gasteiger partial charge on any atom is -0.335 e. The maximum absolute atomic E-state index is 12.6. The highest BCUT2D eigenvalue weighted by Crippen LogP contribution is 2.22. The lowest BCUT2D eigenvalue weighted by molar-refractivity contribution is 0.0707. The first-order valence-electron chi connectivity index (χ1n) is 7.37. The van der Waals surface area contributed by atoms with Crippen LogP contribution in [0, 0.1) is 0 Å². The molecule has 0 aliphatic carbocycles. The van der Waals surface area contributed by atoms with Crippen molar-refractivity contribution in [2.75, 3.05) is 18.1 Å². The summed E-state index contributed by atoms with van der Waals surface area (Å²) in [7, 11) is -3.03. The van der Waals surface area contributed by atoms with Gasteiger partial charge in [0, 0.05) is 25.0 Å². The largest absolute Gasteiger partial charge is 0.335 e. The highest BCUT2D eigenvalue weighted by atomic mass is 32.2. The molecule has 0 aromatic carbocycles. The fraction of sp³-hybridized carbons (Fsp3) is 0.400. The van der Waals surface area contributed by atoms with E-state index in [1.54, 1.807) is 4.90 Å². The summed E-state index contributed by atoms with van der Waals surface area (Å²) in [4.78, 5) is 23.7. The summed E-state index contributed by atoms with van der Waals surface area (Å²) in [5, 5.41) is 1.94. The average molecular weight is 351 g/mol. The third-order valence-corrected chi connectivity index (χ3v) is 6.51. The van der Waals surface area contributed by atoms with E-state index >= 15 is 0 Å². The molecule has 1 saturated heterocycles. The van der Waals surface area contributed by atoms with Crippen LogP contribution in [-0.2, 0) is 9.84 Å². The van der Waals surface area contributed by atoms with Crippen molar-refractivity contribution in [2.24, 2.45) is 0 Å². The SMILES string of the molecule is CCN(C(=O)c1cnc(-c2cccs2)nc1)[C@H]1CCS(=O)(=O)C1. The van der Waals surface area contributed by atoms with Crippen LogP contribution in [-0.4, -0.2) is 53.3 Å². The monoisotopic (exact) mass is 351 g/mol. The second kappa shape index (κ2) is 6.37. The van der Waals surface area contributed by atoms with Gasteiger partial charge in [-0.2, -0.15) is 0 Å². The molecule has 1 atom stereocenters. The molecule has 0 radical (unpaired) electrons. The number of thiophene rings is 1. The van der Waals surface area contributed by atoms with Crippen LogP contribution in [0.3, 0.4) is 0 Å². The van der Waals surface area contributed by atoms with Gasteiger partial charge in [0.15, 0.2) is 15.7 Å². The number of aromatic nitrogens is 2. The van der Waals surface area contributed by atoms with Gasteiger partial charge in [-0.05, 0) is 24.8 Å². The van der Waals surface area contributed by atoms with Crippen LogP contribution >= 0.6 is 11.3 Å². The van der Waals surface area contributed by atoms with Gasteiger partial charge in [-0.3, -0.25) is 4.79 Å². The van der Waals surface area contributed by atoms with E-state index in [1.165, 1.54) is 23.7 Å². The molecule has 8 heteroatoms. The average Bonchev–Trinajstić information content (AvgIpc) is 3.18. The Morgan fingerprint density at radius 2 is 2.13 bits per heavy atom. The van der Waals surface area contributed by atoms with Crippen LogP contribution in [0.4, 0.5) is 0 Å². The van der Waals surface area contributed by atoms with Gasteiger partial charge in [0.05, 0.1) is 21.9 Å². The molecule has 23 heavy (non-hydrogen) atoms. The Bertz CT molecular complexity index is 786. The minimum absolute atomic E-state index is 0.0424. The lowest BCUT2D eigenvalue weighted by Crippen LogP contribution is -2.41. The molecule has 1 aliphatic heterocycles. The summed E-state index contributed by atoms with van der Waals surface area (Å²) < 4.78 is 23.3. The van der Waals surface area contributed by atoms with Crippen LogP contribution < -0.4 is 0 Å². The zero-order chi connectivity index (χ0) is 16.4. The van der Waals surface area contributed by atoms with Gasteiger partial charge in [-0.1, -0.05) is 6.07 Å². The number of carbonyl (C=O) groups excluding carboxylic acids is 1. The highest BCUT2D eigenvalue weighted by Gasteiger charge is 2.34. The molecule has 0 unspecified atom stereocenters. The fourth-order valence-corrected chi connectivity index (χ4v) is 5.13. The molecule has 0 spiro atoms. The molecule has 1 amide bonds. The summed E-state index contributed by atoms with van der Waals surface area (Å²) in [5.41, 5.74) is 0.386. The van der Waals surface area contributed by atoms with Crippen LogP contribution in [0.25, 0.3) is 10.7 Å². The van der Waals surface area contributed by atoms with E-state index in [0.29, 0.717) is 24.4 Å². The lowest BCUT2D eigenvalue weighted by atomic mass is 10.2. The van der Waals surface area contributed by atoms with Gasteiger partial charge in [0.25, 0.3) is 5.91 Å². The molecule has 2 aromatic heterocycles. The van der Waals surface area contributed by atoms with Crippen molar-refractivity contribution in [2.45, 2.75) is 19.4 Å². The molecular formula is C15H17N3O3S2. The van der Waals surface area contributed by atoms with Crippen molar-refractivity contribution in [3.8, 4) is 10.7 Å². The molecular weight excluding hydrogens is 334 g/mol. The third-order valence-electron chi connectivity index (χ3n) is 3.89. The first-order chi connectivity index (χ1) is 11.0. The third kappa shape index (κ3) is 3.42. The maximum Gasteiger partial charge on any atom is 0.257 e. The Kier molecular flexibility index (Phi) is 4.45. The van der Waals surface area contributed by atoms with Crippen LogP contribution in [0.15, 0.2) is 29.9 Å². The first-order valence-corrected chi connectivity index (χ1v) is 10.1. The summed E-state index contributed by atoms with van der Waals surface area (Å²) in [5.74, 6) is 0.561. The van der Waals surface area contributed by atoms with E-state index < -0.39 is 9.84 Å². The lowest BCUT2D eigenvalue weighted by Gasteiger charge is -2.26. The summed E-state index contributed by atoms with van der Waals surface area (Å²) in [6.45, 7) is 2.31. The molecule has 1 fully saturated rings. The van der Waals surface area contributed by atoms with Gasteiger partial charge in [0.1, 0.15) is 0 Å². The van der Waals surface area contributed by atoms with E-state index in [0.717, 1.165) is 4.88 Å². The predicted octanol–water partition coefficient (Wildman–Crippen LogP) is 1.85. The number of nitrogens with zero attached hydrogens (tertiary/aromatic N) is 3.